The van der Waals surface area contributed by atoms with Crippen molar-refractivity contribution in [2.24, 2.45) is 0 Å². The predicted octanol–water partition coefficient (Wildman–Crippen LogP) is 2.36. The van der Waals surface area contributed by atoms with Gasteiger partial charge in [0.1, 0.15) is 0 Å². The fourth-order valence-corrected chi connectivity index (χ4v) is 2.82. The molecule has 0 fully saturated rings. The van der Waals surface area contributed by atoms with Gasteiger partial charge in [-0.3, -0.25) is 4.79 Å². The lowest BCUT2D eigenvalue weighted by atomic mass is 10.1. The number of para-hydroxylation sites is 1. The van der Waals surface area contributed by atoms with E-state index in [0.717, 1.165) is 11.4 Å². The molecule has 0 spiro atoms. The number of carboxylic acids is 1. The number of aliphatic carboxylic acids is 1. The molecule has 0 amide bonds. The smallest absolute Gasteiger partial charge is 0.305 e. The fraction of sp³-hybridized carbons (Fsp3) is 0.364. The predicted molar refractivity (Wildman–Crippen MR) is 61.6 cm³/mol. The third-order valence-electron chi connectivity index (χ3n) is 2.44. The summed E-state index contributed by atoms with van der Waals surface area (Å²) in [4.78, 5) is 11.8. The Morgan fingerprint density at radius 2 is 2.47 bits per heavy atom. The molecule has 0 saturated heterocycles. The number of thioether (sulfide) groups is 1. The highest BCUT2D eigenvalue weighted by molar-refractivity contribution is 7.99. The molecule has 0 bridgehead atoms. The van der Waals surface area contributed by atoms with Gasteiger partial charge in [0.2, 0.25) is 0 Å². The van der Waals surface area contributed by atoms with Crippen LogP contribution in [0.4, 0.5) is 5.69 Å². The van der Waals surface area contributed by atoms with Crippen molar-refractivity contribution in [2.75, 3.05) is 11.1 Å². The van der Waals surface area contributed by atoms with Gasteiger partial charge in [-0.05, 0) is 18.6 Å². The highest BCUT2D eigenvalue weighted by Crippen LogP contribution is 2.35. The number of hydrogen-bond donors (Lipinski definition) is 2. The Labute approximate surface area is 92.9 Å². The quantitative estimate of drug-likeness (QED) is 0.808. The lowest BCUT2D eigenvalue weighted by Gasteiger charge is -2.26. The summed E-state index contributed by atoms with van der Waals surface area (Å²) in [6, 6.07) is 6.17. The van der Waals surface area contributed by atoms with Crippen LogP contribution in [-0.2, 0) is 4.79 Å². The van der Waals surface area contributed by atoms with Gasteiger partial charge in [-0.1, -0.05) is 12.1 Å². The molecule has 2 rings (SSSR count). The molecule has 4 heteroatoms. The molecule has 3 nitrogen and oxygen atoms in total. The number of nitrogens with one attached hydrogen (secondary N) is 1. The van der Waals surface area contributed by atoms with Gasteiger partial charge in [0.05, 0.1) is 12.1 Å². The van der Waals surface area contributed by atoms with Crippen LogP contribution in [0.2, 0.25) is 0 Å². The summed E-state index contributed by atoms with van der Waals surface area (Å²) in [5.41, 5.74) is 2.27. The van der Waals surface area contributed by atoms with Crippen molar-refractivity contribution in [2.45, 2.75) is 24.3 Å². The highest BCUT2D eigenvalue weighted by Gasteiger charge is 2.21. The second-order valence-corrected chi connectivity index (χ2v) is 4.76. The van der Waals surface area contributed by atoms with E-state index in [2.05, 4.69) is 11.4 Å². The van der Waals surface area contributed by atoms with Crippen molar-refractivity contribution in [3.8, 4) is 0 Å². The molecule has 1 atom stereocenters. The zero-order valence-electron chi connectivity index (χ0n) is 8.49. The first-order valence-electron chi connectivity index (χ1n) is 4.87. The van der Waals surface area contributed by atoms with Gasteiger partial charge in [-0.15, -0.1) is 11.8 Å². The third-order valence-corrected chi connectivity index (χ3v) is 3.66. The Kier molecular flexibility index (Phi) is 2.86. The van der Waals surface area contributed by atoms with Gasteiger partial charge in [-0.25, -0.2) is 0 Å². The van der Waals surface area contributed by atoms with Crippen molar-refractivity contribution < 1.29 is 9.90 Å². The van der Waals surface area contributed by atoms with E-state index in [1.54, 1.807) is 11.8 Å². The Morgan fingerprint density at radius 3 is 3.20 bits per heavy atom. The van der Waals surface area contributed by atoms with Crippen LogP contribution in [-0.4, -0.2) is 22.9 Å². The monoisotopic (exact) mass is 223 g/mol. The average Bonchev–Trinajstić information content (AvgIpc) is 2.18. The maximum absolute atomic E-state index is 10.6. The van der Waals surface area contributed by atoms with Crippen molar-refractivity contribution in [1.82, 2.24) is 0 Å². The van der Waals surface area contributed by atoms with Gasteiger partial charge >= 0.3 is 5.97 Å². The molecule has 1 aliphatic rings. The normalized spacial score (nSPS) is 19.1. The minimum absolute atomic E-state index is 0.0427. The first-order valence-corrected chi connectivity index (χ1v) is 5.86. The lowest BCUT2D eigenvalue weighted by Crippen LogP contribution is -2.29. The molecule has 0 aromatic heterocycles. The second-order valence-electron chi connectivity index (χ2n) is 3.70. The first-order chi connectivity index (χ1) is 7.16. The van der Waals surface area contributed by atoms with E-state index in [0.29, 0.717) is 0 Å². The zero-order chi connectivity index (χ0) is 10.8. The lowest BCUT2D eigenvalue weighted by molar-refractivity contribution is -0.137. The first kappa shape index (κ1) is 10.4. The Bertz CT molecular complexity index is 392. The Morgan fingerprint density at radius 1 is 1.67 bits per heavy atom. The molecule has 1 aromatic carbocycles. The summed E-state index contributed by atoms with van der Waals surface area (Å²) in [6.45, 7) is 2.04. The largest absolute Gasteiger partial charge is 0.481 e. The number of carbonyl (C=O) groups is 1. The summed E-state index contributed by atoms with van der Waals surface area (Å²) < 4.78 is 0. The average molecular weight is 223 g/mol. The van der Waals surface area contributed by atoms with Gasteiger partial charge in [-0.2, -0.15) is 0 Å². The maximum atomic E-state index is 10.6. The van der Waals surface area contributed by atoms with Crippen molar-refractivity contribution in [3.05, 3.63) is 23.8 Å². The van der Waals surface area contributed by atoms with Crippen LogP contribution in [0.15, 0.2) is 23.1 Å². The van der Waals surface area contributed by atoms with Crippen LogP contribution in [0, 0.1) is 6.92 Å². The molecule has 15 heavy (non-hydrogen) atoms. The van der Waals surface area contributed by atoms with Crippen LogP contribution in [0.1, 0.15) is 12.0 Å². The number of benzene rings is 1. The zero-order valence-corrected chi connectivity index (χ0v) is 9.30. The summed E-state index contributed by atoms with van der Waals surface area (Å²) in [5, 5.41) is 12.0. The van der Waals surface area contributed by atoms with E-state index in [1.807, 2.05) is 19.1 Å². The number of hydrogen-bond acceptors (Lipinski definition) is 3. The molecule has 0 radical (unpaired) electrons. The summed E-state index contributed by atoms with van der Waals surface area (Å²) in [6.07, 6.45) is 0.181. The molecular formula is C11H13NO2S. The van der Waals surface area contributed by atoms with Crippen LogP contribution >= 0.6 is 11.8 Å². The molecule has 1 heterocycles. The fourth-order valence-electron chi connectivity index (χ4n) is 1.70. The van der Waals surface area contributed by atoms with Gasteiger partial charge in [0.25, 0.3) is 0 Å². The van der Waals surface area contributed by atoms with Gasteiger partial charge in [0, 0.05) is 16.7 Å². The summed E-state index contributed by atoms with van der Waals surface area (Å²) in [7, 11) is 0. The van der Waals surface area contributed by atoms with Gasteiger partial charge in [0.15, 0.2) is 0 Å². The van der Waals surface area contributed by atoms with Crippen molar-refractivity contribution in [3.63, 3.8) is 0 Å². The second kappa shape index (κ2) is 4.14. The van der Waals surface area contributed by atoms with Crippen molar-refractivity contribution >= 4 is 23.4 Å². The molecule has 2 N–H and O–H groups in total. The maximum Gasteiger partial charge on any atom is 0.305 e. The SMILES string of the molecule is Cc1cccc2c1NC(CC(=O)O)CS2. The van der Waals surface area contributed by atoms with Crippen molar-refractivity contribution in [1.29, 1.82) is 0 Å². The number of rotatable bonds is 2. The summed E-state index contributed by atoms with van der Waals surface area (Å²) in [5.74, 6) is 0.0769. The van der Waals surface area contributed by atoms with Crippen LogP contribution in [0.25, 0.3) is 0 Å². The molecule has 80 valence electrons. The highest BCUT2D eigenvalue weighted by atomic mass is 32.2. The van der Waals surface area contributed by atoms with E-state index in [-0.39, 0.29) is 12.5 Å². The van der Waals surface area contributed by atoms with E-state index >= 15 is 0 Å². The third kappa shape index (κ3) is 2.26. The van der Waals surface area contributed by atoms with Crippen LogP contribution in [0.5, 0.6) is 0 Å². The number of carboxylic acid groups (broad SMARTS) is 1. The van der Waals surface area contributed by atoms with E-state index < -0.39 is 5.97 Å². The molecule has 0 aliphatic carbocycles. The van der Waals surface area contributed by atoms with Crippen LogP contribution < -0.4 is 5.32 Å². The topological polar surface area (TPSA) is 49.3 Å². The van der Waals surface area contributed by atoms with E-state index in [4.69, 9.17) is 5.11 Å². The van der Waals surface area contributed by atoms with E-state index in [9.17, 15) is 4.79 Å². The number of fused-ring (bicyclic) bond motifs is 1. The molecular weight excluding hydrogens is 210 g/mol. The van der Waals surface area contributed by atoms with Gasteiger partial charge < -0.3 is 10.4 Å². The Balaban J connectivity index is 2.18. The molecule has 1 unspecified atom stereocenters. The number of aryl methyl sites for hydroxylation is 1. The molecule has 1 aromatic rings. The standard InChI is InChI=1S/C11H13NO2S/c1-7-3-2-4-9-11(7)12-8(6-15-9)5-10(13)14/h2-4,8,12H,5-6H2,1H3,(H,13,14). The minimum Gasteiger partial charge on any atom is -0.481 e. The molecule has 0 saturated carbocycles. The van der Waals surface area contributed by atoms with Crippen LogP contribution in [0.3, 0.4) is 0 Å². The minimum atomic E-state index is -0.745. The Hall–Kier alpha value is -1.16. The number of anilines is 1. The summed E-state index contributed by atoms with van der Waals surface area (Å²) >= 11 is 1.73. The molecule has 1 aliphatic heterocycles. The van der Waals surface area contributed by atoms with E-state index in [1.165, 1.54) is 10.5 Å².